The van der Waals surface area contributed by atoms with E-state index in [0.29, 0.717) is 19.5 Å². The highest BCUT2D eigenvalue weighted by Crippen LogP contribution is 2.10. The van der Waals surface area contributed by atoms with Crippen molar-refractivity contribution in [2.45, 2.75) is 31.8 Å². The molecule has 2 amide bonds. The van der Waals surface area contributed by atoms with Crippen LogP contribution < -0.4 is 10.6 Å². The van der Waals surface area contributed by atoms with Crippen molar-refractivity contribution in [1.29, 1.82) is 0 Å². The van der Waals surface area contributed by atoms with Crippen LogP contribution in [0, 0.1) is 0 Å². The summed E-state index contributed by atoms with van der Waals surface area (Å²) in [5.74, 6) is 0.135. The second-order valence-corrected chi connectivity index (χ2v) is 4.43. The molecule has 0 aliphatic carbocycles. The minimum absolute atomic E-state index is 0.0375. The molecule has 17 heavy (non-hydrogen) atoms. The molecule has 1 heterocycles. The molecule has 1 saturated heterocycles. The third kappa shape index (κ3) is 4.19. The van der Waals surface area contributed by atoms with Crippen LogP contribution in [0.3, 0.4) is 0 Å². The molecule has 0 spiro atoms. The van der Waals surface area contributed by atoms with Crippen LogP contribution in [0.4, 0.5) is 0 Å². The van der Waals surface area contributed by atoms with E-state index < -0.39 is 0 Å². The molecule has 0 aromatic heterocycles. The van der Waals surface area contributed by atoms with Crippen LogP contribution in [0.25, 0.3) is 0 Å². The lowest BCUT2D eigenvalue weighted by Gasteiger charge is -2.31. The van der Waals surface area contributed by atoms with Gasteiger partial charge in [0.15, 0.2) is 0 Å². The molecule has 0 bridgehead atoms. The number of amides is 2. The number of likely N-dealkylation sites (N-methyl/N-ethyl adjacent to an activating group) is 1. The fraction of sp³-hybridized carbons (Fsp3) is 0.667. The van der Waals surface area contributed by atoms with Crippen LogP contribution in [0.15, 0.2) is 12.7 Å². The Kier molecular flexibility index (Phi) is 5.15. The summed E-state index contributed by atoms with van der Waals surface area (Å²) in [4.78, 5) is 24.6. The molecule has 0 radical (unpaired) electrons. The summed E-state index contributed by atoms with van der Waals surface area (Å²) in [6, 6.07) is -0.0521. The van der Waals surface area contributed by atoms with Crippen LogP contribution in [0.2, 0.25) is 0 Å². The second-order valence-electron chi connectivity index (χ2n) is 4.43. The minimum atomic E-state index is -0.249. The average Bonchev–Trinajstić information content (AvgIpc) is 2.30. The molecule has 0 aromatic rings. The highest BCUT2D eigenvalue weighted by molar-refractivity contribution is 5.81. The predicted octanol–water partition coefficient (Wildman–Crippen LogP) is -0.112. The molecule has 2 unspecified atom stereocenters. The van der Waals surface area contributed by atoms with E-state index in [1.807, 2.05) is 6.92 Å². The normalized spacial score (nSPS) is 22.1. The van der Waals surface area contributed by atoms with Gasteiger partial charge in [-0.3, -0.25) is 9.59 Å². The predicted molar refractivity (Wildman–Crippen MR) is 66.5 cm³/mol. The number of likely N-dealkylation sites (tertiary alicyclic amines) is 1. The molecule has 96 valence electrons. The van der Waals surface area contributed by atoms with Crippen molar-refractivity contribution in [3.05, 3.63) is 12.7 Å². The maximum absolute atomic E-state index is 11.6. The van der Waals surface area contributed by atoms with Crippen molar-refractivity contribution in [2.24, 2.45) is 0 Å². The van der Waals surface area contributed by atoms with Gasteiger partial charge in [-0.1, -0.05) is 6.08 Å². The van der Waals surface area contributed by atoms with E-state index in [1.54, 1.807) is 18.0 Å². The van der Waals surface area contributed by atoms with Crippen molar-refractivity contribution in [1.82, 2.24) is 15.5 Å². The first-order chi connectivity index (χ1) is 8.04. The number of carbonyl (C=O) groups excluding carboxylic acids is 2. The first-order valence-corrected chi connectivity index (χ1v) is 5.93. The van der Waals surface area contributed by atoms with Gasteiger partial charge in [0.1, 0.15) is 0 Å². The van der Waals surface area contributed by atoms with E-state index in [1.165, 1.54) is 0 Å². The Labute approximate surface area is 102 Å². The van der Waals surface area contributed by atoms with Crippen molar-refractivity contribution < 1.29 is 9.59 Å². The van der Waals surface area contributed by atoms with Gasteiger partial charge in [0.05, 0.1) is 6.04 Å². The molecule has 1 fully saturated rings. The summed E-state index contributed by atoms with van der Waals surface area (Å²) in [5, 5.41) is 5.98. The molecule has 2 atom stereocenters. The molecular weight excluding hydrogens is 218 g/mol. The van der Waals surface area contributed by atoms with E-state index in [-0.39, 0.29) is 23.9 Å². The van der Waals surface area contributed by atoms with Crippen molar-refractivity contribution in [2.75, 3.05) is 20.1 Å². The molecule has 1 rings (SSSR count). The van der Waals surface area contributed by atoms with Crippen molar-refractivity contribution >= 4 is 11.8 Å². The van der Waals surface area contributed by atoms with E-state index >= 15 is 0 Å². The summed E-state index contributed by atoms with van der Waals surface area (Å²) in [6.07, 6.45) is 3.00. The van der Waals surface area contributed by atoms with Gasteiger partial charge in [-0.15, -0.1) is 6.58 Å². The van der Waals surface area contributed by atoms with Crippen molar-refractivity contribution in [3.8, 4) is 0 Å². The van der Waals surface area contributed by atoms with Gasteiger partial charge >= 0.3 is 0 Å². The third-order valence-electron chi connectivity index (χ3n) is 2.93. The van der Waals surface area contributed by atoms with Crippen LogP contribution in [0.5, 0.6) is 0 Å². The zero-order chi connectivity index (χ0) is 12.8. The standard InChI is InChI=1S/C12H21N3O2/c1-4-7-13-12(17)9(2)14-10-5-6-11(16)15(3)8-10/h4,9-10,14H,1,5-8H2,2-3H3,(H,13,17). The Morgan fingerprint density at radius 3 is 3.00 bits per heavy atom. The van der Waals surface area contributed by atoms with Gasteiger partial charge in [-0.2, -0.15) is 0 Å². The summed E-state index contributed by atoms with van der Waals surface area (Å²) >= 11 is 0. The average molecular weight is 239 g/mol. The highest BCUT2D eigenvalue weighted by atomic mass is 16.2. The smallest absolute Gasteiger partial charge is 0.237 e. The lowest BCUT2D eigenvalue weighted by molar-refractivity contribution is -0.132. The largest absolute Gasteiger partial charge is 0.351 e. The summed E-state index contributed by atoms with van der Waals surface area (Å²) in [7, 11) is 1.79. The minimum Gasteiger partial charge on any atom is -0.351 e. The molecular formula is C12H21N3O2. The molecule has 5 nitrogen and oxygen atoms in total. The van der Waals surface area contributed by atoms with Crippen LogP contribution in [-0.4, -0.2) is 48.9 Å². The van der Waals surface area contributed by atoms with Gasteiger partial charge in [0, 0.05) is 32.6 Å². The Balaban J connectivity index is 2.35. The van der Waals surface area contributed by atoms with Gasteiger partial charge in [-0.25, -0.2) is 0 Å². The number of hydrogen-bond acceptors (Lipinski definition) is 3. The monoisotopic (exact) mass is 239 g/mol. The fourth-order valence-corrected chi connectivity index (χ4v) is 1.90. The quantitative estimate of drug-likeness (QED) is 0.658. The second kappa shape index (κ2) is 6.39. The Morgan fingerprint density at radius 2 is 2.41 bits per heavy atom. The van der Waals surface area contributed by atoms with Gasteiger partial charge in [0.2, 0.25) is 11.8 Å². The number of piperidine rings is 1. The van der Waals surface area contributed by atoms with Crippen LogP contribution in [-0.2, 0) is 9.59 Å². The zero-order valence-electron chi connectivity index (χ0n) is 10.5. The Bertz CT molecular complexity index is 304. The maximum atomic E-state index is 11.6. The molecule has 1 aliphatic rings. The van der Waals surface area contributed by atoms with E-state index in [4.69, 9.17) is 0 Å². The number of nitrogens with zero attached hydrogens (tertiary/aromatic N) is 1. The molecule has 1 aliphatic heterocycles. The summed E-state index contributed by atoms with van der Waals surface area (Å²) in [5.41, 5.74) is 0. The fourth-order valence-electron chi connectivity index (χ4n) is 1.90. The first kappa shape index (κ1) is 13.7. The Hall–Kier alpha value is -1.36. The van der Waals surface area contributed by atoms with Crippen molar-refractivity contribution in [3.63, 3.8) is 0 Å². The van der Waals surface area contributed by atoms with Crippen LogP contribution in [0.1, 0.15) is 19.8 Å². The lowest BCUT2D eigenvalue weighted by atomic mass is 10.0. The number of hydrogen-bond donors (Lipinski definition) is 2. The molecule has 0 saturated carbocycles. The molecule has 5 heteroatoms. The summed E-state index contributed by atoms with van der Waals surface area (Å²) < 4.78 is 0. The van der Waals surface area contributed by atoms with E-state index in [0.717, 1.165) is 6.42 Å². The first-order valence-electron chi connectivity index (χ1n) is 5.93. The highest BCUT2D eigenvalue weighted by Gasteiger charge is 2.25. The van der Waals surface area contributed by atoms with Gasteiger partial charge in [-0.05, 0) is 13.3 Å². The number of carbonyl (C=O) groups is 2. The number of rotatable bonds is 5. The van der Waals surface area contributed by atoms with Gasteiger partial charge in [0.25, 0.3) is 0 Å². The topological polar surface area (TPSA) is 61.4 Å². The SMILES string of the molecule is C=CCNC(=O)C(C)NC1CCC(=O)N(C)C1. The Morgan fingerprint density at radius 1 is 1.71 bits per heavy atom. The number of nitrogens with one attached hydrogen (secondary N) is 2. The van der Waals surface area contributed by atoms with E-state index in [2.05, 4.69) is 17.2 Å². The zero-order valence-corrected chi connectivity index (χ0v) is 10.5. The molecule has 2 N–H and O–H groups in total. The summed E-state index contributed by atoms with van der Waals surface area (Å²) in [6.45, 7) is 6.52. The maximum Gasteiger partial charge on any atom is 0.237 e. The lowest BCUT2D eigenvalue weighted by Crippen LogP contribution is -2.53. The van der Waals surface area contributed by atoms with E-state index in [9.17, 15) is 9.59 Å². The molecule has 0 aromatic carbocycles. The van der Waals surface area contributed by atoms with Crippen LogP contribution >= 0.6 is 0 Å². The third-order valence-corrected chi connectivity index (χ3v) is 2.93. The van der Waals surface area contributed by atoms with Gasteiger partial charge < -0.3 is 15.5 Å².